The smallest absolute Gasteiger partial charge is 0.302 e. The minimum atomic E-state index is -4.54. The molecule has 1 aliphatic heterocycles. The lowest BCUT2D eigenvalue weighted by Crippen LogP contribution is -2.29. The number of thiazole rings is 1. The number of hydrogen-bond donors (Lipinski definition) is 0. The van der Waals surface area contributed by atoms with Crippen molar-refractivity contribution >= 4 is 27.5 Å². The average molecular weight is 346 g/mol. The fourth-order valence-corrected chi connectivity index (χ4v) is 5.26. The van der Waals surface area contributed by atoms with Gasteiger partial charge in [0.1, 0.15) is 5.01 Å². The van der Waals surface area contributed by atoms with Gasteiger partial charge in [0.05, 0.1) is 17.5 Å². The molecule has 0 aromatic carbocycles. The molecule has 0 saturated carbocycles. The van der Waals surface area contributed by atoms with Gasteiger partial charge in [-0.3, -0.25) is 4.79 Å². The fraction of sp³-hybridized carbons (Fsp3) is 0.714. The number of aromatic nitrogens is 1. The molecule has 8 heteroatoms. The van der Waals surface area contributed by atoms with Crippen LogP contribution in [0.15, 0.2) is 0 Å². The first-order valence-electron chi connectivity index (χ1n) is 7.54. The highest BCUT2D eigenvalue weighted by molar-refractivity contribution is 7.86. The number of hydrogen-bond acceptors (Lipinski definition) is 5. The maximum atomic E-state index is 12.8. The quantitative estimate of drug-likeness (QED) is 0.784. The van der Waals surface area contributed by atoms with Crippen LogP contribution in [0.3, 0.4) is 0 Å². The molecular formula is C14H19FN2O3S2. The van der Waals surface area contributed by atoms with Gasteiger partial charge in [0.25, 0.3) is 0 Å². The number of carbonyl (C=O) groups is 1. The molecule has 2 atom stereocenters. The van der Waals surface area contributed by atoms with Crippen molar-refractivity contribution in [3.8, 4) is 0 Å². The van der Waals surface area contributed by atoms with E-state index in [1.165, 1.54) is 11.3 Å². The third-order valence-electron chi connectivity index (χ3n) is 4.36. The molecule has 0 N–H and O–H groups in total. The first-order chi connectivity index (χ1) is 10.3. The van der Waals surface area contributed by atoms with Crippen LogP contribution in [-0.2, 0) is 27.9 Å². The molecular weight excluding hydrogens is 327 g/mol. The molecule has 5 nitrogen and oxygen atoms in total. The van der Waals surface area contributed by atoms with Crippen LogP contribution in [0.5, 0.6) is 0 Å². The molecule has 1 fully saturated rings. The molecule has 1 aromatic rings. The van der Waals surface area contributed by atoms with Crippen molar-refractivity contribution in [3.63, 3.8) is 0 Å². The maximum Gasteiger partial charge on any atom is 0.302 e. The summed E-state index contributed by atoms with van der Waals surface area (Å²) in [6.45, 7) is 2.20. The van der Waals surface area contributed by atoms with Crippen LogP contribution in [0.25, 0.3) is 0 Å². The topological polar surface area (TPSA) is 67.3 Å². The normalized spacial score (nSPS) is 23.6. The number of aryl methyl sites for hydroxylation is 2. The van der Waals surface area contributed by atoms with Gasteiger partial charge in [-0.25, -0.2) is 4.98 Å². The van der Waals surface area contributed by atoms with Crippen molar-refractivity contribution < 1.29 is 17.1 Å². The summed E-state index contributed by atoms with van der Waals surface area (Å²) in [5.41, 5.74) is 1.15. The third-order valence-corrected chi connectivity index (χ3v) is 6.56. The molecule has 1 aromatic heterocycles. The summed E-state index contributed by atoms with van der Waals surface area (Å²) in [6.07, 6.45) is 4.48. The van der Waals surface area contributed by atoms with Crippen LogP contribution in [0.4, 0.5) is 3.89 Å². The molecule has 122 valence electrons. The lowest BCUT2D eigenvalue weighted by molar-refractivity contribution is -0.129. The second kappa shape index (κ2) is 5.88. The van der Waals surface area contributed by atoms with Crippen molar-refractivity contribution in [2.24, 2.45) is 5.92 Å². The van der Waals surface area contributed by atoms with Crippen molar-refractivity contribution in [3.05, 3.63) is 15.6 Å². The van der Waals surface area contributed by atoms with E-state index in [9.17, 15) is 17.1 Å². The molecule has 3 rings (SSSR count). The Bertz CT molecular complexity index is 663. The fourth-order valence-electron chi connectivity index (χ4n) is 3.26. The number of amides is 1. The maximum absolute atomic E-state index is 12.8. The molecule has 2 unspecified atom stereocenters. The molecule has 0 bridgehead atoms. The zero-order chi connectivity index (χ0) is 15.9. The highest BCUT2D eigenvalue weighted by Gasteiger charge is 2.36. The van der Waals surface area contributed by atoms with Crippen LogP contribution < -0.4 is 0 Å². The third kappa shape index (κ3) is 3.32. The Labute approximate surface area is 133 Å². The van der Waals surface area contributed by atoms with Crippen molar-refractivity contribution in [2.75, 3.05) is 12.3 Å². The number of nitrogens with zero attached hydrogens (tertiary/aromatic N) is 2. The monoisotopic (exact) mass is 346 g/mol. The first kappa shape index (κ1) is 15.9. The lowest BCUT2D eigenvalue weighted by atomic mass is 10.0. The van der Waals surface area contributed by atoms with Crippen LogP contribution in [0.2, 0.25) is 0 Å². The van der Waals surface area contributed by atoms with Crippen LogP contribution in [0.1, 0.15) is 47.8 Å². The van der Waals surface area contributed by atoms with E-state index in [1.54, 1.807) is 16.2 Å². The second-order valence-corrected chi connectivity index (χ2v) is 8.65. The van der Waals surface area contributed by atoms with Gasteiger partial charge in [-0.1, -0.05) is 0 Å². The minimum Gasteiger partial charge on any atom is -0.333 e. The van der Waals surface area contributed by atoms with Crippen molar-refractivity contribution in [1.29, 1.82) is 0 Å². The van der Waals surface area contributed by atoms with Gasteiger partial charge in [-0.05, 0) is 32.6 Å². The Morgan fingerprint density at radius 1 is 1.41 bits per heavy atom. The summed E-state index contributed by atoms with van der Waals surface area (Å²) < 4.78 is 34.3. The van der Waals surface area contributed by atoms with Gasteiger partial charge in [0.15, 0.2) is 0 Å². The van der Waals surface area contributed by atoms with E-state index in [-0.39, 0.29) is 24.9 Å². The van der Waals surface area contributed by atoms with Crippen molar-refractivity contribution in [2.45, 2.75) is 45.1 Å². The van der Waals surface area contributed by atoms with E-state index >= 15 is 0 Å². The number of likely N-dealkylation sites (tertiary alicyclic amines) is 1. The van der Waals surface area contributed by atoms with E-state index < -0.39 is 21.9 Å². The Hall–Kier alpha value is -1.02. The zero-order valence-electron chi connectivity index (χ0n) is 12.4. The van der Waals surface area contributed by atoms with Gasteiger partial charge in [-0.15, -0.1) is 15.2 Å². The molecule has 1 amide bonds. The van der Waals surface area contributed by atoms with Crippen LogP contribution >= 0.6 is 11.3 Å². The Balaban J connectivity index is 1.73. The van der Waals surface area contributed by atoms with Gasteiger partial charge in [-0.2, -0.15) is 8.42 Å². The second-order valence-electron chi connectivity index (χ2n) is 6.13. The minimum absolute atomic E-state index is 0.0958. The molecule has 1 aliphatic carbocycles. The molecule has 2 heterocycles. The van der Waals surface area contributed by atoms with Crippen LogP contribution in [-0.4, -0.2) is 36.5 Å². The summed E-state index contributed by atoms with van der Waals surface area (Å²) in [5, 5.41) is 0.906. The molecule has 22 heavy (non-hydrogen) atoms. The number of fused-ring (bicyclic) bond motifs is 1. The summed E-state index contributed by atoms with van der Waals surface area (Å²) in [7, 11) is -4.54. The zero-order valence-corrected chi connectivity index (χ0v) is 14.1. The van der Waals surface area contributed by atoms with Gasteiger partial charge in [0.2, 0.25) is 5.91 Å². The SMILES string of the molecule is CC(c1nc2c(s1)CCCC2)N1CC(CS(=O)(=O)F)CC1=O. The highest BCUT2D eigenvalue weighted by Crippen LogP contribution is 2.35. The standard InChI is InChI=1S/C14H19FN2O3S2/c1-9(14-16-11-4-2-3-5-12(11)21-14)17-7-10(6-13(17)18)8-22(15,19)20/h9-10H,2-8H2,1H3. The Morgan fingerprint density at radius 3 is 2.82 bits per heavy atom. The number of carbonyl (C=O) groups excluding carboxylic acids is 1. The van der Waals surface area contributed by atoms with E-state index in [0.717, 1.165) is 30.0 Å². The Morgan fingerprint density at radius 2 is 2.14 bits per heavy atom. The van der Waals surface area contributed by atoms with Gasteiger partial charge >= 0.3 is 10.2 Å². The molecule has 1 saturated heterocycles. The number of halogens is 1. The predicted molar refractivity (Wildman–Crippen MR) is 81.9 cm³/mol. The van der Waals surface area contributed by atoms with Crippen LogP contribution in [0, 0.1) is 5.92 Å². The number of rotatable bonds is 4. The summed E-state index contributed by atoms with van der Waals surface area (Å²) in [6, 6.07) is -0.171. The van der Waals surface area contributed by atoms with Gasteiger partial charge < -0.3 is 4.90 Å². The summed E-state index contributed by atoms with van der Waals surface area (Å²) in [5.74, 6) is -1.15. The average Bonchev–Trinajstić information content (AvgIpc) is 2.99. The molecule has 0 spiro atoms. The van der Waals surface area contributed by atoms with E-state index in [2.05, 4.69) is 4.98 Å². The largest absolute Gasteiger partial charge is 0.333 e. The first-order valence-corrected chi connectivity index (χ1v) is 9.90. The molecule has 2 aliphatic rings. The van der Waals surface area contributed by atoms with E-state index in [1.807, 2.05) is 6.92 Å². The summed E-state index contributed by atoms with van der Waals surface area (Å²) >= 11 is 1.65. The predicted octanol–water partition coefficient (Wildman–Crippen LogP) is 2.23. The van der Waals surface area contributed by atoms with Gasteiger partial charge in [0, 0.05) is 23.8 Å². The van der Waals surface area contributed by atoms with E-state index in [4.69, 9.17) is 0 Å². The molecule has 0 radical (unpaired) electrons. The lowest BCUT2D eigenvalue weighted by Gasteiger charge is -2.22. The Kier molecular flexibility index (Phi) is 4.24. The van der Waals surface area contributed by atoms with Crippen molar-refractivity contribution in [1.82, 2.24) is 9.88 Å². The highest BCUT2D eigenvalue weighted by atomic mass is 32.3. The van der Waals surface area contributed by atoms with E-state index in [0.29, 0.717) is 0 Å². The summed E-state index contributed by atoms with van der Waals surface area (Å²) in [4.78, 5) is 19.7.